The van der Waals surface area contributed by atoms with Gasteiger partial charge in [0.25, 0.3) is 0 Å². The summed E-state index contributed by atoms with van der Waals surface area (Å²) in [5.74, 6) is 1.18. The second-order valence-corrected chi connectivity index (χ2v) is 5.53. The van der Waals surface area contributed by atoms with Gasteiger partial charge in [0.15, 0.2) is 0 Å². The van der Waals surface area contributed by atoms with Crippen molar-refractivity contribution in [2.24, 2.45) is 5.41 Å². The smallest absolute Gasteiger partial charge is 0.309 e. The molecule has 4 nitrogen and oxygen atoms in total. The minimum Gasteiger partial charge on any atom is -0.494 e. The molecule has 0 aliphatic heterocycles. The Morgan fingerprint density at radius 1 is 1.15 bits per heavy atom. The lowest BCUT2D eigenvalue weighted by Gasteiger charge is -2.18. The van der Waals surface area contributed by atoms with Crippen molar-refractivity contribution in [3.8, 4) is 11.5 Å². The molecule has 0 saturated heterocycles. The predicted octanol–water partition coefficient (Wildman–Crippen LogP) is 3.57. The fourth-order valence-corrected chi connectivity index (χ4v) is 1.68. The third-order valence-electron chi connectivity index (χ3n) is 2.96. The summed E-state index contributed by atoms with van der Waals surface area (Å²) >= 11 is 5.53. The highest BCUT2D eigenvalue weighted by Crippen LogP contribution is 2.23. The SMILES string of the molecule is CC(C)(CCCOc1ccc(OCCCl)cc1)C(=O)O. The van der Waals surface area contributed by atoms with E-state index in [-0.39, 0.29) is 0 Å². The molecule has 112 valence electrons. The van der Waals surface area contributed by atoms with Gasteiger partial charge in [-0.15, -0.1) is 11.6 Å². The van der Waals surface area contributed by atoms with Gasteiger partial charge < -0.3 is 14.6 Å². The normalized spacial score (nSPS) is 11.2. The fourth-order valence-electron chi connectivity index (χ4n) is 1.60. The first-order valence-electron chi connectivity index (χ1n) is 6.61. The van der Waals surface area contributed by atoms with Gasteiger partial charge in [-0.05, 0) is 51.0 Å². The van der Waals surface area contributed by atoms with Crippen LogP contribution in [0.25, 0.3) is 0 Å². The summed E-state index contributed by atoms with van der Waals surface area (Å²) in [6.45, 7) is 4.42. The van der Waals surface area contributed by atoms with Crippen LogP contribution in [0.1, 0.15) is 26.7 Å². The summed E-state index contributed by atoms with van der Waals surface area (Å²) in [6.07, 6.45) is 1.28. The second-order valence-electron chi connectivity index (χ2n) is 5.15. The van der Waals surface area contributed by atoms with E-state index in [4.69, 9.17) is 26.2 Å². The van der Waals surface area contributed by atoms with Gasteiger partial charge in [-0.2, -0.15) is 0 Å². The Hall–Kier alpha value is -1.42. The molecule has 0 aliphatic carbocycles. The molecule has 0 atom stereocenters. The van der Waals surface area contributed by atoms with E-state index in [1.165, 1.54) is 0 Å². The molecule has 0 unspecified atom stereocenters. The van der Waals surface area contributed by atoms with Crippen LogP contribution in [0.2, 0.25) is 0 Å². The van der Waals surface area contributed by atoms with E-state index in [0.29, 0.717) is 31.9 Å². The molecule has 0 aromatic heterocycles. The van der Waals surface area contributed by atoms with E-state index < -0.39 is 11.4 Å². The largest absolute Gasteiger partial charge is 0.494 e. The lowest BCUT2D eigenvalue weighted by molar-refractivity contribution is -0.147. The topological polar surface area (TPSA) is 55.8 Å². The average Bonchev–Trinajstić information content (AvgIpc) is 2.42. The van der Waals surface area contributed by atoms with Gasteiger partial charge in [0.05, 0.1) is 17.9 Å². The molecule has 0 spiro atoms. The summed E-state index contributed by atoms with van der Waals surface area (Å²) in [5.41, 5.74) is -0.706. The molecule has 0 fully saturated rings. The summed E-state index contributed by atoms with van der Waals surface area (Å²) in [7, 11) is 0. The first-order chi connectivity index (χ1) is 9.45. The Bertz CT molecular complexity index is 414. The van der Waals surface area contributed by atoms with Gasteiger partial charge in [0.1, 0.15) is 18.1 Å². The van der Waals surface area contributed by atoms with Crippen molar-refractivity contribution in [1.82, 2.24) is 0 Å². The highest BCUT2D eigenvalue weighted by molar-refractivity contribution is 6.18. The number of carboxylic acid groups (broad SMARTS) is 1. The van der Waals surface area contributed by atoms with Gasteiger partial charge >= 0.3 is 5.97 Å². The highest BCUT2D eigenvalue weighted by Gasteiger charge is 2.26. The Morgan fingerprint density at radius 2 is 1.65 bits per heavy atom. The number of alkyl halides is 1. The fraction of sp³-hybridized carbons (Fsp3) is 0.533. The molecule has 0 amide bonds. The zero-order valence-corrected chi connectivity index (χ0v) is 12.7. The maximum absolute atomic E-state index is 10.9. The molecule has 1 aromatic carbocycles. The zero-order valence-electron chi connectivity index (χ0n) is 11.9. The molecule has 0 bridgehead atoms. The number of ether oxygens (including phenoxy) is 2. The van der Waals surface area contributed by atoms with Crippen molar-refractivity contribution < 1.29 is 19.4 Å². The highest BCUT2D eigenvalue weighted by atomic mass is 35.5. The summed E-state index contributed by atoms with van der Waals surface area (Å²) in [5, 5.41) is 8.99. The van der Waals surface area contributed by atoms with Crippen LogP contribution in [0.3, 0.4) is 0 Å². The quantitative estimate of drug-likeness (QED) is 0.559. The van der Waals surface area contributed by atoms with E-state index >= 15 is 0 Å². The Morgan fingerprint density at radius 3 is 2.10 bits per heavy atom. The Kier molecular flexibility index (Phi) is 6.65. The standard InChI is InChI=1S/C15H21ClO4/c1-15(2,14(17)18)8-3-10-19-12-4-6-13(7-5-12)20-11-9-16/h4-7H,3,8-11H2,1-2H3,(H,17,18). The van der Waals surface area contributed by atoms with Crippen molar-refractivity contribution in [1.29, 1.82) is 0 Å². The van der Waals surface area contributed by atoms with E-state index in [1.807, 2.05) is 24.3 Å². The van der Waals surface area contributed by atoms with Crippen LogP contribution in [0.4, 0.5) is 0 Å². The maximum Gasteiger partial charge on any atom is 0.309 e. The van der Waals surface area contributed by atoms with Gasteiger partial charge in [-0.3, -0.25) is 4.79 Å². The molecule has 0 radical (unpaired) electrons. The Labute approximate surface area is 124 Å². The number of hydrogen-bond acceptors (Lipinski definition) is 3. The first kappa shape index (κ1) is 16.6. The Balaban J connectivity index is 2.30. The number of aliphatic carboxylic acids is 1. The molecular formula is C15H21ClO4. The van der Waals surface area contributed by atoms with Gasteiger partial charge in [-0.1, -0.05) is 0 Å². The number of rotatable bonds is 9. The molecule has 5 heteroatoms. The third kappa shape index (κ3) is 5.70. The zero-order chi connectivity index (χ0) is 15.0. The monoisotopic (exact) mass is 300 g/mol. The van der Waals surface area contributed by atoms with Crippen molar-refractivity contribution in [2.75, 3.05) is 19.1 Å². The van der Waals surface area contributed by atoms with Crippen LogP contribution in [0.15, 0.2) is 24.3 Å². The van der Waals surface area contributed by atoms with Gasteiger partial charge in [0, 0.05) is 0 Å². The van der Waals surface area contributed by atoms with Crippen molar-refractivity contribution >= 4 is 17.6 Å². The molecule has 1 N–H and O–H groups in total. The van der Waals surface area contributed by atoms with Crippen molar-refractivity contribution in [3.63, 3.8) is 0 Å². The van der Waals surface area contributed by atoms with Crippen LogP contribution in [-0.4, -0.2) is 30.2 Å². The van der Waals surface area contributed by atoms with Crippen molar-refractivity contribution in [2.45, 2.75) is 26.7 Å². The molecule has 1 rings (SSSR count). The molecule has 1 aromatic rings. The van der Waals surface area contributed by atoms with E-state index in [2.05, 4.69) is 0 Å². The lowest BCUT2D eigenvalue weighted by atomic mass is 9.88. The molecule has 20 heavy (non-hydrogen) atoms. The summed E-state index contributed by atoms with van der Waals surface area (Å²) < 4.78 is 10.9. The molecule has 0 aliphatic rings. The summed E-state index contributed by atoms with van der Waals surface area (Å²) in [4.78, 5) is 10.9. The van der Waals surface area contributed by atoms with Crippen LogP contribution in [0, 0.1) is 5.41 Å². The molecule has 0 saturated carbocycles. The average molecular weight is 301 g/mol. The first-order valence-corrected chi connectivity index (χ1v) is 7.14. The second kappa shape index (κ2) is 8.00. The van der Waals surface area contributed by atoms with Crippen LogP contribution < -0.4 is 9.47 Å². The number of halogens is 1. The van der Waals surface area contributed by atoms with E-state index in [0.717, 1.165) is 11.5 Å². The molecule has 0 heterocycles. The lowest BCUT2D eigenvalue weighted by Crippen LogP contribution is -2.24. The van der Waals surface area contributed by atoms with Gasteiger partial charge in [0.2, 0.25) is 0 Å². The summed E-state index contributed by atoms with van der Waals surface area (Å²) in [6, 6.07) is 7.30. The van der Waals surface area contributed by atoms with Crippen LogP contribution in [0.5, 0.6) is 11.5 Å². The van der Waals surface area contributed by atoms with Crippen LogP contribution >= 0.6 is 11.6 Å². The predicted molar refractivity (Wildman–Crippen MR) is 78.8 cm³/mol. The third-order valence-corrected chi connectivity index (χ3v) is 3.12. The number of benzene rings is 1. The minimum absolute atomic E-state index is 0.456. The van der Waals surface area contributed by atoms with Crippen LogP contribution in [-0.2, 0) is 4.79 Å². The number of carboxylic acids is 1. The minimum atomic E-state index is -0.779. The van der Waals surface area contributed by atoms with Gasteiger partial charge in [-0.25, -0.2) is 0 Å². The molecular weight excluding hydrogens is 280 g/mol. The number of carbonyl (C=O) groups is 1. The maximum atomic E-state index is 10.9. The van der Waals surface area contributed by atoms with E-state index in [9.17, 15) is 4.79 Å². The van der Waals surface area contributed by atoms with E-state index in [1.54, 1.807) is 13.8 Å². The van der Waals surface area contributed by atoms with Crippen molar-refractivity contribution in [3.05, 3.63) is 24.3 Å². The number of hydrogen-bond donors (Lipinski definition) is 1.